The summed E-state index contributed by atoms with van der Waals surface area (Å²) in [5.41, 5.74) is 2.03. The van der Waals surface area contributed by atoms with Gasteiger partial charge in [0.05, 0.1) is 23.4 Å². The number of fused-ring (bicyclic) bond motifs is 1. The van der Waals surface area contributed by atoms with Gasteiger partial charge in [0.1, 0.15) is 10.7 Å². The third-order valence-electron chi connectivity index (χ3n) is 5.37. The number of H-pyrrole nitrogens is 1. The Bertz CT molecular complexity index is 1430. The van der Waals surface area contributed by atoms with Crippen molar-refractivity contribution in [2.75, 3.05) is 0 Å². The number of thiophene rings is 1. The monoisotopic (exact) mass is 463 g/mol. The highest BCUT2D eigenvalue weighted by Crippen LogP contribution is 2.35. The van der Waals surface area contributed by atoms with Crippen LogP contribution in [0, 0.1) is 13.8 Å². The van der Waals surface area contributed by atoms with E-state index in [-0.39, 0.29) is 10.8 Å². The average molecular weight is 464 g/mol. The molecule has 1 aromatic carbocycles. The Balaban J connectivity index is 1.51. The van der Waals surface area contributed by atoms with Gasteiger partial charge in [-0.05, 0) is 44.0 Å². The first-order chi connectivity index (χ1) is 15.5. The van der Waals surface area contributed by atoms with Crippen molar-refractivity contribution in [2.24, 2.45) is 0 Å². The summed E-state index contributed by atoms with van der Waals surface area (Å²) in [5, 5.41) is 10.1. The molecule has 0 aliphatic heterocycles. The summed E-state index contributed by atoms with van der Waals surface area (Å²) < 4.78 is 7.62. The van der Waals surface area contributed by atoms with Gasteiger partial charge in [-0.2, -0.15) is 0 Å². The molecule has 5 aromatic rings. The molecular formula is C23H21N5O2S2. The zero-order chi connectivity index (χ0) is 22.2. The lowest BCUT2D eigenvalue weighted by Gasteiger charge is -2.13. The van der Waals surface area contributed by atoms with Crippen LogP contribution in [-0.4, -0.2) is 24.7 Å². The summed E-state index contributed by atoms with van der Waals surface area (Å²) in [7, 11) is 0. The smallest absolute Gasteiger partial charge is 0.259 e. The molecule has 0 amide bonds. The lowest BCUT2D eigenvalue weighted by Crippen LogP contribution is -2.13. The Morgan fingerprint density at radius 2 is 1.97 bits per heavy atom. The van der Waals surface area contributed by atoms with Crippen molar-refractivity contribution in [3.63, 3.8) is 0 Å². The first-order valence-electron chi connectivity index (χ1n) is 10.2. The van der Waals surface area contributed by atoms with E-state index in [4.69, 9.17) is 9.40 Å². The molecule has 162 valence electrons. The standard InChI is InChI=1S/C23H21N5O2S2/c1-13-14(2)31-22-18(13)21(29)24-19(25-22)15(3)32-23-27-26-20(17-10-7-11-30-17)28(23)12-16-8-5-4-6-9-16/h4-11,15H,12H2,1-3H3,(H,24,25,29)/t15-/m0/s1. The molecule has 1 N–H and O–H groups in total. The summed E-state index contributed by atoms with van der Waals surface area (Å²) in [6.45, 7) is 6.59. The van der Waals surface area contributed by atoms with E-state index in [1.54, 1.807) is 17.6 Å². The van der Waals surface area contributed by atoms with E-state index in [0.717, 1.165) is 26.0 Å². The van der Waals surface area contributed by atoms with Crippen LogP contribution in [0.15, 0.2) is 63.1 Å². The van der Waals surface area contributed by atoms with Gasteiger partial charge in [-0.1, -0.05) is 42.1 Å². The Labute approximate surface area is 192 Å². The zero-order valence-electron chi connectivity index (χ0n) is 17.8. The second kappa shape index (κ2) is 8.40. The summed E-state index contributed by atoms with van der Waals surface area (Å²) in [6, 6.07) is 13.9. The Morgan fingerprint density at radius 3 is 2.72 bits per heavy atom. The van der Waals surface area contributed by atoms with Gasteiger partial charge in [0.25, 0.3) is 5.56 Å². The number of nitrogens with zero attached hydrogens (tertiary/aromatic N) is 4. The number of aromatic amines is 1. The minimum Gasteiger partial charge on any atom is -0.461 e. The third kappa shape index (κ3) is 3.78. The molecule has 0 fully saturated rings. The van der Waals surface area contributed by atoms with Crippen molar-refractivity contribution in [3.8, 4) is 11.6 Å². The van der Waals surface area contributed by atoms with Crippen molar-refractivity contribution in [2.45, 2.75) is 37.7 Å². The van der Waals surface area contributed by atoms with Crippen molar-refractivity contribution < 1.29 is 4.42 Å². The lowest BCUT2D eigenvalue weighted by atomic mass is 10.2. The fraction of sp³-hybridized carbons (Fsp3) is 0.217. The molecule has 0 radical (unpaired) electrons. The molecule has 1 atom stereocenters. The first-order valence-corrected chi connectivity index (χ1v) is 11.9. The van der Waals surface area contributed by atoms with Crippen molar-refractivity contribution in [1.82, 2.24) is 24.7 Å². The predicted molar refractivity (Wildman–Crippen MR) is 127 cm³/mol. The molecule has 0 saturated carbocycles. The average Bonchev–Trinajstić information content (AvgIpc) is 3.50. The number of aryl methyl sites for hydroxylation is 2. The van der Waals surface area contributed by atoms with Gasteiger partial charge in [-0.15, -0.1) is 21.5 Å². The SMILES string of the molecule is Cc1sc2nc([C@H](C)Sc3nnc(-c4ccco4)n3Cc3ccccc3)[nH]c(=O)c2c1C. The number of nitrogens with one attached hydrogen (secondary N) is 1. The number of benzene rings is 1. The van der Waals surface area contributed by atoms with E-state index in [9.17, 15) is 4.79 Å². The second-order valence-corrected chi connectivity index (χ2v) is 10.0. The van der Waals surface area contributed by atoms with Crippen LogP contribution in [-0.2, 0) is 6.54 Å². The minimum absolute atomic E-state index is 0.0960. The number of furan rings is 1. The topological polar surface area (TPSA) is 89.6 Å². The molecule has 7 nitrogen and oxygen atoms in total. The van der Waals surface area contributed by atoms with E-state index in [1.165, 1.54) is 11.8 Å². The lowest BCUT2D eigenvalue weighted by molar-refractivity contribution is 0.569. The largest absolute Gasteiger partial charge is 0.461 e. The van der Waals surface area contributed by atoms with Crippen LogP contribution in [0.5, 0.6) is 0 Å². The summed E-state index contributed by atoms with van der Waals surface area (Å²) in [4.78, 5) is 22.3. The molecule has 4 aromatic heterocycles. The molecule has 32 heavy (non-hydrogen) atoms. The molecule has 4 heterocycles. The fourth-order valence-corrected chi connectivity index (χ4v) is 5.49. The molecule has 0 aliphatic carbocycles. The molecule has 0 spiro atoms. The van der Waals surface area contributed by atoms with Gasteiger partial charge in [0, 0.05) is 4.88 Å². The normalized spacial score (nSPS) is 12.5. The van der Waals surface area contributed by atoms with Crippen molar-refractivity contribution in [3.05, 3.63) is 80.9 Å². The van der Waals surface area contributed by atoms with Crippen LogP contribution in [0.1, 0.15) is 34.0 Å². The van der Waals surface area contributed by atoms with E-state index in [2.05, 4.69) is 27.3 Å². The van der Waals surface area contributed by atoms with E-state index in [0.29, 0.717) is 29.3 Å². The summed E-state index contributed by atoms with van der Waals surface area (Å²) >= 11 is 3.06. The fourth-order valence-electron chi connectivity index (χ4n) is 3.55. The molecule has 9 heteroatoms. The summed E-state index contributed by atoms with van der Waals surface area (Å²) in [6.07, 6.45) is 1.63. The predicted octanol–water partition coefficient (Wildman–Crippen LogP) is 5.35. The number of aromatic nitrogens is 5. The molecule has 0 unspecified atom stereocenters. The van der Waals surface area contributed by atoms with Crippen molar-refractivity contribution in [1.29, 1.82) is 0 Å². The number of thioether (sulfide) groups is 1. The molecule has 0 bridgehead atoms. The number of hydrogen-bond donors (Lipinski definition) is 1. The van der Waals surface area contributed by atoms with Crippen molar-refractivity contribution >= 4 is 33.3 Å². The maximum absolute atomic E-state index is 12.7. The quantitative estimate of drug-likeness (QED) is 0.341. The van der Waals surface area contributed by atoms with Crippen LogP contribution in [0.2, 0.25) is 0 Å². The Morgan fingerprint density at radius 1 is 1.16 bits per heavy atom. The van der Waals surface area contributed by atoms with Gasteiger partial charge in [-0.25, -0.2) is 4.98 Å². The molecule has 0 aliphatic rings. The maximum atomic E-state index is 12.7. The second-order valence-electron chi connectivity index (χ2n) is 7.53. The number of hydrogen-bond acceptors (Lipinski definition) is 7. The highest BCUT2D eigenvalue weighted by Gasteiger charge is 2.22. The maximum Gasteiger partial charge on any atom is 0.259 e. The van der Waals surface area contributed by atoms with Gasteiger partial charge in [-0.3, -0.25) is 9.36 Å². The minimum atomic E-state index is -0.127. The van der Waals surface area contributed by atoms with Crippen LogP contribution in [0.25, 0.3) is 21.8 Å². The van der Waals surface area contributed by atoms with Gasteiger partial charge in [0.15, 0.2) is 10.9 Å². The van der Waals surface area contributed by atoms with E-state index < -0.39 is 0 Å². The van der Waals surface area contributed by atoms with Gasteiger partial charge >= 0.3 is 0 Å². The number of rotatable bonds is 6. The van der Waals surface area contributed by atoms with Gasteiger partial charge < -0.3 is 9.40 Å². The molecular weight excluding hydrogens is 442 g/mol. The summed E-state index contributed by atoms with van der Waals surface area (Å²) in [5.74, 6) is 1.95. The molecule has 0 saturated heterocycles. The van der Waals surface area contributed by atoms with Crippen LogP contribution in [0.4, 0.5) is 0 Å². The van der Waals surface area contributed by atoms with Gasteiger partial charge in [0.2, 0.25) is 5.82 Å². The molecule has 5 rings (SSSR count). The van der Waals surface area contributed by atoms with Crippen LogP contribution >= 0.6 is 23.1 Å². The third-order valence-corrected chi connectivity index (χ3v) is 7.56. The van der Waals surface area contributed by atoms with E-state index >= 15 is 0 Å². The Hall–Kier alpha value is -3.17. The van der Waals surface area contributed by atoms with Crippen LogP contribution in [0.3, 0.4) is 0 Å². The highest BCUT2D eigenvalue weighted by molar-refractivity contribution is 7.99. The zero-order valence-corrected chi connectivity index (χ0v) is 19.5. The van der Waals surface area contributed by atoms with E-state index in [1.807, 2.05) is 55.7 Å². The first kappa shape index (κ1) is 20.7. The van der Waals surface area contributed by atoms with Crippen LogP contribution < -0.4 is 5.56 Å². The highest BCUT2D eigenvalue weighted by atomic mass is 32.2. The Kier molecular flexibility index (Phi) is 5.44.